The Hall–Kier alpha value is -1.31. The summed E-state index contributed by atoms with van der Waals surface area (Å²) in [5.74, 6) is 0.232. The van der Waals surface area contributed by atoms with Crippen LogP contribution in [0.5, 0.6) is 0 Å². The summed E-state index contributed by atoms with van der Waals surface area (Å²) < 4.78 is 1.08. The number of benzene rings is 1. The van der Waals surface area contributed by atoms with Gasteiger partial charge in [-0.25, -0.2) is 4.79 Å². The van der Waals surface area contributed by atoms with E-state index in [1.807, 2.05) is 43.0 Å². The van der Waals surface area contributed by atoms with Gasteiger partial charge in [0, 0.05) is 34.3 Å². The number of halogens is 1. The minimum atomic E-state index is -0.185. The molecule has 0 radical (unpaired) electrons. The SMILES string of the molecule is CC(C)C(=O)N1CCC(NC(=O)Nc2cccc(I)c2)CC1. The van der Waals surface area contributed by atoms with Crippen molar-refractivity contribution in [3.63, 3.8) is 0 Å². The van der Waals surface area contributed by atoms with E-state index < -0.39 is 0 Å². The maximum absolute atomic E-state index is 12.0. The van der Waals surface area contributed by atoms with Crippen LogP contribution in [0.3, 0.4) is 0 Å². The van der Waals surface area contributed by atoms with E-state index in [0.29, 0.717) is 13.1 Å². The number of nitrogens with one attached hydrogen (secondary N) is 2. The highest BCUT2D eigenvalue weighted by molar-refractivity contribution is 14.1. The van der Waals surface area contributed by atoms with E-state index in [-0.39, 0.29) is 23.9 Å². The zero-order chi connectivity index (χ0) is 16.1. The van der Waals surface area contributed by atoms with Crippen molar-refractivity contribution in [3.05, 3.63) is 27.8 Å². The summed E-state index contributed by atoms with van der Waals surface area (Å²) in [6.07, 6.45) is 1.61. The highest BCUT2D eigenvalue weighted by Gasteiger charge is 2.25. The minimum absolute atomic E-state index is 0.0355. The molecule has 0 bridgehead atoms. The second-order valence-electron chi connectivity index (χ2n) is 5.86. The normalized spacial score (nSPS) is 15.7. The lowest BCUT2D eigenvalue weighted by Crippen LogP contribution is -2.48. The predicted octanol–water partition coefficient (Wildman–Crippen LogP) is 3.06. The van der Waals surface area contributed by atoms with Gasteiger partial charge in [-0.05, 0) is 53.6 Å². The average Bonchev–Trinajstić information content (AvgIpc) is 2.47. The third kappa shape index (κ3) is 4.86. The first-order chi connectivity index (χ1) is 10.5. The highest BCUT2D eigenvalue weighted by Crippen LogP contribution is 2.15. The lowest BCUT2D eigenvalue weighted by Gasteiger charge is -2.33. The van der Waals surface area contributed by atoms with Gasteiger partial charge in [-0.2, -0.15) is 0 Å². The Morgan fingerprint density at radius 3 is 2.55 bits per heavy atom. The third-order valence-corrected chi connectivity index (χ3v) is 4.39. The third-order valence-electron chi connectivity index (χ3n) is 3.72. The number of piperidine rings is 1. The van der Waals surface area contributed by atoms with Crippen LogP contribution in [0.4, 0.5) is 10.5 Å². The fourth-order valence-electron chi connectivity index (χ4n) is 2.53. The van der Waals surface area contributed by atoms with Crippen LogP contribution < -0.4 is 10.6 Å². The van der Waals surface area contributed by atoms with Gasteiger partial charge in [-0.3, -0.25) is 4.79 Å². The molecule has 0 spiro atoms. The molecule has 1 aromatic carbocycles. The molecule has 0 atom stereocenters. The number of nitrogens with zero attached hydrogens (tertiary/aromatic N) is 1. The molecule has 22 heavy (non-hydrogen) atoms. The summed E-state index contributed by atoms with van der Waals surface area (Å²) in [5.41, 5.74) is 0.789. The number of rotatable bonds is 3. The van der Waals surface area contributed by atoms with Gasteiger partial charge < -0.3 is 15.5 Å². The van der Waals surface area contributed by atoms with Crippen molar-refractivity contribution in [2.75, 3.05) is 18.4 Å². The molecule has 1 aliphatic rings. The van der Waals surface area contributed by atoms with E-state index in [1.165, 1.54) is 0 Å². The zero-order valence-corrected chi connectivity index (χ0v) is 15.1. The fraction of sp³-hybridized carbons (Fsp3) is 0.500. The molecule has 5 nitrogen and oxygen atoms in total. The van der Waals surface area contributed by atoms with Crippen molar-refractivity contribution in [1.82, 2.24) is 10.2 Å². The maximum Gasteiger partial charge on any atom is 0.319 e. The number of hydrogen-bond acceptors (Lipinski definition) is 2. The van der Waals surface area contributed by atoms with Crippen LogP contribution in [0.25, 0.3) is 0 Å². The smallest absolute Gasteiger partial charge is 0.319 e. The van der Waals surface area contributed by atoms with Gasteiger partial charge in [0.15, 0.2) is 0 Å². The van der Waals surface area contributed by atoms with Crippen molar-refractivity contribution in [2.24, 2.45) is 5.92 Å². The Morgan fingerprint density at radius 2 is 1.95 bits per heavy atom. The molecule has 6 heteroatoms. The molecule has 3 amide bonds. The van der Waals surface area contributed by atoms with E-state index in [2.05, 4.69) is 33.2 Å². The largest absolute Gasteiger partial charge is 0.342 e. The Morgan fingerprint density at radius 1 is 1.27 bits per heavy atom. The minimum Gasteiger partial charge on any atom is -0.342 e. The molecular weight excluding hydrogens is 393 g/mol. The molecule has 1 aromatic rings. The van der Waals surface area contributed by atoms with Crippen molar-refractivity contribution in [3.8, 4) is 0 Å². The fourth-order valence-corrected chi connectivity index (χ4v) is 3.07. The van der Waals surface area contributed by atoms with Crippen LogP contribution in [-0.2, 0) is 4.79 Å². The summed E-state index contributed by atoms with van der Waals surface area (Å²) >= 11 is 2.21. The Bertz CT molecular complexity index is 540. The molecule has 1 saturated heterocycles. The number of urea groups is 1. The Balaban J connectivity index is 1.78. The number of hydrogen-bond donors (Lipinski definition) is 2. The van der Waals surface area contributed by atoms with Crippen LogP contribution in [0.15, 0.2) is 24.3 Å². The summed E-state index contributed by atoms with van der Waals surface area (Å²) in [7, 11) is 0. The maximum atomic E-state index is 12.0. The molecule has 1 heterocycles. The second kappa shape index (κ2) is 7.80. The Labute approximate surface area is 145 Å². The first kappa shape index (κ1) is 17.1. The monoisotopic (exact) mass is 415 g/mol. The van der Waals surface area contributed by atoms with Gasteiger partial charge in [0.1, 0.15) is 0 Å². The number of anilines is 1. The van der Waals surface area contributed by atoms with Gasteiger partial charge in [0.05, 0.1) is 0 Å². The van der Waals surface area contributed by atoms with E-state index in [1.54, 1.807) is 0 Å². The lowest BCUT2D eigenvalue weighted by molar-refractivity contribution is -0.135. The topological polar surface area (TPSA) is 61.4 Å². The quantitative estimate of drug-likeness (QED) is 0.746. The van der Waals surface area contributed by atoms with Crippen LogP contribution in [0, 0.1) is 9.49 Å². The molecule has 0 saturated carbocycles. The molecule has 1 aliphatic heterocycles. The van der Waals surface area contributed by atoms with Crippen LogP contribution in [0.1, 0.15) is 26.7 Å². The molecule has 2 rings (SSSR count). The first-order valence-corrected chi connectivity index (χ1v) is 8.65. The van der Waals surface area contributed by atoms with Gasteiger partial charge in [0.25, 0.3) is 0 Å². The van der Waals surface area contributed by atoms with Crippen molar-refractivity contribution < 1.29 is 9.59 Å². The molecule has 1 fully saturated rings. The summed E-state index contributed by atoms with van der Waals surface area (Å²) in [5, 5.41) is 5.83. The molecule has 2 N–H and O–H groups in total. The van der Waals surface area contributed by atoms with E-state index in [9.17, 15) is 9.59 Å². The summed E-state index contributed by atoms with van der Waals surface area (Å²) in [6.45, 7) is 5.26. The van der Waals surface area contributed by atoms with Crippen LogP contribution in [-0.4, -0.2) is 36.0 Å². The second-order valence-corrected chi connectivity index (χ2v) is 7.11. The Kier molecular flexibility index (Phi) is 6.05. The highest BCUT2D eigenvalue weighted by atomic mass is 127. The van der Waals surface area contributed by atoms with Crippen molar-refractivity contribution in [2.45, 2.75) is 32.7 Å². The van der Waals surface area contributed by atoms with Crippen LogP contribution >= 0.6 is 22.6 Å². The predicted molar refractivity (Wildman–Crippen MR) is 95.8 cm³/mol. The van der Waals surface area contributed by atoms with Gasteiger partial charge in [-0.1, -0.05) is 19.9 Å². The lowest BCUT2D eigenvalue weighted by atomic mass is 10.0. The zero-order valence-electron chi connectivity index (χ0n) is 12.9. The molecule has 0 unspecified atom stereocenters. The molecule has 0 aliphatic carbocycles. The number of amides is 3. The molecule has 120 valence electrons. The molecular formula is C16H22IN3O2. The van der Waals surface area contributed by atoms with E-state index in [4.69, 9.17) is 0 Å². The van der Waals surface area contributed by atoms with E-state index in [0.717, 1.165) is 22.1 Å². The van der Waals surface area contributed by atoms with Crippen molar-refractivity contribution in [1.29, 1.82) is 0 Å². The first-order valence-electron chi connectivity index (χ1n) is 7.57. The van der Waals surface area contributed by atoms with Crippen LogP contribution in [0.2, 0.25) is 0 Å². The average molecular weight is 415 g/mol. The standard InChI is InChI=1S/C16H22IN3O2/c1-11(2)15(21)20-8-6-13(7-9-20)18-16(22)19-14-5-3-4-12(17)10-14/h3-5,10-11,13H,6-9H2,1-2H3,(H2,18,19,22). The summed E-state index contributed by atoms with van der Waals surface area (Å²) in [6, 6.07) is 7.61. The number of likely N-dealkylation sites (tertiary alicyclic amines) is 1. The molecule has 0 aromatic heterocycles. The van der Waals surface area contributed by atoms with Gasteiger partial charge >= 0.3 is 6.03 Å². The summed E-state index contributed by atoms with van der Waals surface area (Å²) in [4.78, 5) is 25.8. The number of carbonyl (C=O) groups excluding carboxylic acids is 2. The van der Waals surface area contributed by atoms with Gasteiger partial charge in [0.2, 0.25) is 5.91 Å². The van der Waals surface area contributed by atoms with E-state index >= 15 is 0 Å². The van der Waals surface area contributed by atoms with Crippen molar-refractivity contribution >= 4 is 40.2 Å². The number of carbonyl (C=O) groups is 2. The van der Waals surface area contributed by atoms with Gasteiger partial charge in [-0.15, -0.1) is 0 Å².